The zero-order valence-electron chi connectivity index (χ0n) is 9.26. The summed E-state index contributed by atoms with van der Waals surface area (Å²) in [7, 11) is 1.81. The number of nitrogens with one attached hydrogen (secondary N) is 1. The van der Waals surface area contributed by atoms with Crippen LogP contribution >= 0.6 is 0 Å². The van der Waals surface area contributed by atoms with E-state index < -0.39 is 0 Å². The molecule has 1 rings (SSSR count). The minimum Gasteiger partial charge on any atom is -0.397 e. The minimum absolute atomic E-state index is 0.729. The number of rotatable bonds is 1. The Bertz CT molecular complexity index is 199. The molecule has 0 atom stereocenters. The average Bonchev–Trinajstić information content (AvgIpc) is 2.24. The van der Waals surface area contributed by atoms with Crippen molar-refractivity contribution in [3.05, 3.63) is 18.5 Å². The molecular weight excluding hydrogens is 162 g/mol. The van der Waals surface area contributed by atoms with E-state index in [9.17, 15) is 0 Å². The van der Waals surface area contributed by atoms with Crippen molar-refractivity contribution in [3.63, 3.8) is 0 Å². The average molecular weight is 183 g/mol. The summed E-state index contributed by atoms with van der Waals surface area (Å²) in [6.45, 7) is 8.00. The molecular formula is C10H21N3. The first-order valence-corrected chi connectivity index (χ1v) is 4.72. The van der Waals surface area contributed by atoms with Gasteiger partial charge in [-0.05, 0) is 6.07 Å². The molecule has 0 unspecified atom stereocenters. The summed E-state index contributed by atoms with van der Waals surface area (Å²) in [6, 6.07) is 1.76. The second-order valence-corrected chi connectivity index (χ2v) is 1.71. The van der Waals surface area contributed by atoms with Crippen LogP contribution in [-0.2, 0) is 0 Å². The van der Waals surface area contributed by atoms with E-state index in [1.54, 1.807) is 18.5 Å². The van der Waals surface area contributed by atoms with Crippen molar-refractivity contribution in [2.45, 2.75) is 27.7 Å². The van der Waals surface area contributed by atoms with E-state index in [2.05, 4.69) is 10.3 Å². The Hall–Kier alpha value is -1.25. The van der Waals surface area contributed by atoms with Crippen molar-refractivity contribution in [3.8, 4) is 0 Å². The van der Waals surface area contributed by atoms with Crippen molar-refractivity contribution in [1.82, 2.24) is 4.98 Å². The molecule has 0 radical (unpaired) electrons. The molecule has 0 aliphatic heterocycles. The molecule has 3 heteroatoms. The van der Waals surface area contributed by atoms with E-state index in [-0.39, 0.29) is 0 Å². The molecule has 1 aromatic heterocycles. The molecule has 1 heterocycles. The van der Waals surface area contributed by atoms with E-state index >= 15 is 0 Å². The van der Waals surface area contributed by atoms with E-state index in [1.807, 2.05) is 34.7 Å². The number of nitrogen functional groups attached to an aromatic ring is 1. The number of aromatic nitrogens is 1. The number of anilines is 2. The second kappa shape index (κ2) is 10.8. The third-order valence-electron chi connectivity index (χ3n) is 1.12. The van der Waals surface area contributed by atoms with Gasteiger partial charge >= 0.3 is 0 Å². The van der Waals surface area contributed by atoms with Crippen LogP contribution in [-0.4, -0.2) is 12.0 Å². The third-order valence-corrected chi connectivity index (χ3v) is 1.12. The lowest BCUT2D eigenvalue weighted by atomic mass is 10.4. The normalized spacial score (nSPS) is 7.15. The maximum atomic E-state index is 5.53. The minimum atomic E-state index is 0.729. The van der Waals surface area contributed by atoms with Crippen LogP contribution in [0.15, 0.2) is 18.5 Å². The maximum absolute atomic E-state index is 5.53. The molecule has 0 aliphatic carbocycles. The predicted molar refractivity (Wildman–Crippen MR) is 60.9 cm³/mol. The van der Waals surface area contributed by atoms with Crippen LogP contribution in [0.2, 0.25) is 0 Å². The van der Waals surface area contributed by atoms with Crippen molar-refractivity contribution in [1.29, 1.82) is 0 Å². The van der Waals surface area contributed by atoms with Crippen LogP contribution in [0.1, 0.15) is 27.7 Å². The summed E-state index contributed by atoms with van der Waals surface area (Å²) >= 11 is 0. The van der Waals surface area contributed by atoms with Crippen molar-refractivity contribution in [2.24, 2.45) is 0 Å². The monoisotopic (exact) mass is 183 g/mol. The zero-order valence-corrected chi connectivity index (χ0v) is 9.26. The predicted octanol–water partition coefficient (Wildman–Crippen LogP) is 2.76. The summed E-state index contributed by atoms with van der Waals surface area (Å²) in [5, 5.41) is 2.91. The fourth-order valence-corrected chi connectivity index (χ4v) is 0.614. The molecule has 0 bridgehead atoms. The highest BCUT2D eigenvalue weighted by Crippen LogP contribution is 2.12. The van der Waals surface area contributed by atoms with Crippen LogP contribution in [0.5, 0.6) is 0 Å². The van der Waals surface area contributed by atoms with Gasteiger partial charge in [0, 0.05) is 13.2 Å². The van der Waals surface area contributed by atoms with Gasteiger partial charge in [-0.2, -0.15) is 0 Å². The molecule has 0 aliphatic rings. The number of hydrogen-bond acceptors (Lipinski definition) is 3. The van der Waals surface area contributed by atoms with Crippen molar-refractivity contribution in [2.75, 3.05) is 18.1 Å². The Morgan fingerprint density at radius 3 is 2.08 bits per heavy atom. The number of nitrogens with zero attached hydrogens (tertiary/aromatic N) is 1. The maximum Gasteiger partial charge on any atom is 0.0757 e. The fourth-order valence-electron chi connectivity index (χ4n) is 0.614. The van der Waals surface area contributed by atoms with E-state index in [4.69, 9.17) is 5.73 Å². The molecule has 0 fully saturated rings. The summed E-state index contributed by atoms with van der Waals surface area (Å²) in [5.74, 6) is 0. The molecule has 0 saturated heterocycles. The van der Waals surface area contributed by atoms with Gasteiger partial charge in [0.1, 0.15) is 0 Å². The first kappa shape index (κ1) is 14.3. The van der Waals surface area contributed by atoms with Crippen LogP contribution in [0.4, 0.5) is 11.4 Å². The smallest absolute Gasteiger partial charge is 0.0757 e. The molecule has 13 heavy (non-hydrogen) atoms. The molecule has 76 valence electrons. The fraction of sp³-hybridized carbons (Fsp3) is 0.500. The molecule has 0 aromatic carbocycles. The second-order valence-electron chi connectivity index (χ2n) is 1.71. The van der Waals surface area contributed by atoms with Gasteiger partial charge in [-0.3, -0.25) is 4.98 Å². The van der Waals surface area contributed by atoms with Gasteiger partial charge in [0.2, 0.25) is 0 Å². The largest absolute Gasteiger partial charge is 0.397 e. The summed E-state index contributed by atoms with van der Waals surface area (Å²) in [6.07, 6.45) is 3.35. The van der Waals surface area contributed by atoms with Gasteiger partial charge in [0.15, 0.2) is 0 Å². The van der Waals surface area contributed by atoms with Gasteiger partial charge in [0.25, 0.3) is 0 Å². The van der Waals surface area contributed by atoms with Crippen molar-refractivity contribution >= 4 is 11.4 Å². The van der Waals surface area contributed by atoms with Gasteiger partial charge < -0.3 is 11.1 Å². The first-order valence-electron chi connectivity index (χ1n) is 4.72. The highest BCUT2D eigenvalue weighted by atomic mass is 14.9. The highest BCUT2D eigenvalue weighted by Gasteiger charge is 1.90. The number of nitrogens with two attached hydrogens (primary N) is 1. The van der Waals surface area contributed by atoms with Gasteiger partial charge in [-0.1, -0.05) is 27.7 Å². The Labute approximate surface area is 81.4 Å². The van der Waals surface area contributed by atoms with Gasteiger partial charge in [0.05, 0.1) is 17.6 Å². The number of pyridine rings is 1. The quantitative estimate of drug-likeness (QED) is 0.704. The zero-order chi connectivity index (χ0) is 10.7. The lowest BCUT2D eigenvalue weighted by Gasteiger charge is -2.00. The first-order chi connectivity index (χ1) is 6.34. The number of hydrogen-bond donors (Lipinski definition) is 2. The van der Waals surface area contributed by atoms with Gasteiger partial charge in [-0.25, -0.2) is 0 Å². The van der Waals surface area contributed by atoms with Crippen LogP contribution in [0.3, 0.4) is 0 Å². The lowest BCUT2D eigenvalue weighted by Crippen LogP contribution is -1.94. The third kappa shape index (κ3) is 5.96. The molecule has 0 spiro atoms. The van der Waals surface area contributed by atoms with Gasteiger partial charge in [-0.15, -0.1) is 0 Å². The summed E-state index contributed by atoms with van der Waals surface area (Å²) < 4.78 is 0. The molecule has 1 aromatic rings. The molecule has 3 nitrogen and oxygen atoms in total. The Morgan fingerprint density at radius 2 is 1.77 bits per heavy atom. The highest BCUT2D eigenvalue weighted by molar-refractivity contribution is 5.63. The Morgan fingerprint density at radius 1 is 1.23 bits per heavy atom. The molecule has 0 saturated carbocycles. The van der Waals surface area contributed by atoms with Crippen LogP contribution in [0, 0.1) is 0 Å². The summed E-state index contributed by atoms with van der Waals surface area (Å²) in [4.78, 5) is 3.87. The lowest BCUT2D eigenvalue weighted by molar-refractivity contribution is 1.31. The van der Waals surface area contributed by atoms with Crippen molar-refractivity contribution < 1.29 is 0 Å². The Kier molecular flexibility index (Phi) is 11.8. The molecule has 0 amide bonds. The van der Waals surface area contributed by atoms with Crippen LogP contribution in [0.25, 0.3) is 0 Å². The Balaban J connectivity index is 0. The standard InChI is InChI=1S/C6H9N3.2C2H6/c1-8-6-4-9-3-2-5(6)7;2*1-2/h2-4,8H,1H3,(H2,7,9);2*1-2H3. The van der Waals surface area contributed by atoms with E-state index in [1.165, 1.54) is 0 Å². The SMILES string of the molecule is CC.CC.CNc1cnccc1N. The topological polar surface area (TPSA) is 50.9 Å². The van der Waals surface area contributed by atoms with E-state index in [0.717, 1.165) is 11.4 Å². The van der Waals surface area contributed by atoms with Crippen LogP contribution < -0.4 is 11.1 Å². The van der Waals surface area contributed by atoms with E-state index in [0.29, 0.717) is 0 Å². The molecule has 3 N–H and O–H groups in total. The summed E-state index contributed by atoms with van der Waals surface area (Å²) in [5.41, 5.74) is 7.13.